The van der Waals surface area contributed by atoms with E-state index in [1.165, 1.54) is 17.8 Å². The van der Waals surface area contributed by atoms with E-state index in [4.69, 9.17) is 5.11 Å². The van der Waals surface area contributed by atoms with E-state index in [1.807, 2.05) is 19.4 Å². The Labute approximate surface area is 109 Å². The van der Waals surface area contributed by atoms with Crippen molar-refractivity contribution < 1.29 is 9.90 Å². The van der Waals surface area contributed by atoms with Crippen molar-refractivity contribution in [1.29, 1.82) is 0 Å². The third-order valence-corrected chi connectivity index (χ3v) is 3.31. The van der Waals surface area contributed by atoms with Crippen LogP contribution in [0.2, 0.25) is 0 Å². The maximum atomic E-state index is 10.8. The van der Waals surface area contributed by atoms with Crippen molar-refractivity contribution in [3.05, 3.63) is 41.9 Å². The van der Waals surface area contributed by atoms with Crippen molar-refractivity contribution >= 4 is 17.7 Å². The molecule has 0 saturated carbocycles. The SMILES string of the molecule is Cn1cc(CCSc2cc(C(=O)O)ccn2)cn1. The van der Waals surface area contributed by atoms with Crippen LogP contribution in [0.25, 0.3) is 0 Å². The molecule has 94 valence electrons. The molecule has 0 radical (unpaired) electrons. The van der Waals surface area contributed by atoms with Crippen molar-refractivity contribution in [2.24, 2.45) is 7.05 Å². The Morgan fingerprint density at radius 1 is 1.56 bits per heavy atom. The van der Waals surface area contributed by atoms with Gasteiger partial charge in [-0.05, 0) is 24.1 Å². The Kier molecular flexibility index (Phi) is 3.99. The predicted octanol–water partition coefficient (Wildman–Crippen LogP) is 1.85. The van der Waals surface area contributed by atoms with Gasteiger partial charge in [-0.3, -0.25) is 4.68 Å². The summed E-state index contributed by atoms with van der Waals surface area (Å²) < 4.78 is 1.77. The molecule has 0 aliphatic carbocycles. The van der Waals surface area contributed by atoms with E-state index in [-0.39, 0.29) is 5.56 Å². The number of hydrogen-bond acceptors (Lipinski definition) is 4. The minimum absolute atomic E-state index is 0.272. The summed E-state index contributed by atoms with van der Waals surface area (Å²) in [5.41, 5.74) is 1.44. The number of pyridine rings is 1. The summed E-state index contributed by atoms with van der Waals surface area (Å²) in [6.45, 7) is 0. The molecule has 0 unspecified atom stereocenters. The molecule has 5 nitrogen and oxygen atoms in total. The van der Waals surface area contributed by atoms with Crippen LogP contribution in [0.4, 0.5) is 0 Å². The molecule has 0 saturated heterocycles. The van der Waals surface area contributed by atoms with Gasteiger partial charge in [-0.15, -0.1) is 11.8 Å². The summed E-state index contributed by atoms with van der Waals surface area (Å²) >= 11 is 1.54. The number of carboxylic acid groups (broad SMARTS) is 1. The number of carbonyl (C=O) groups is 1. The fraction of sp³-hybridized carbons (Fsp3) is 0.250. The van der Waals surface area contributed by atoms with Crippen LogP contribution in [-0.2, 0) is 13.5 Å². The topological polar surface area (TPSA) is 68.0 Å². The molecule has 0 aromatic carbocycles. The number of carboxylic acids is 1. The van der Waals surface area contributed by atoms with Gasteiger partial charge in [0.25, 0.3) is 0 Å². The van der Waals surface area contributed by atoms with E-state index in [0.29, 0.717) is 0 Å². The van der Waals surface area contributed by atoms with Crippen LogP contribution in [0.5, 0.6) is 0 Å². The van der Waals surface area contributed by atoms with Gasteiger partial charge in [0.05, 0.1) is 16.8 Å². The van der Waals surface area contributed by atoms with E-state index in [2.05, 4.69) is 10.1 Å². The second kappa shape index (κ2) is 5.68. The molecule has 2 heterocycles. The smallest absolute Gasteiger partial charge is 0.335 e. The van der Waals surface area contributed by atoms with Crippen LogP contribution in [0.15, 0.2) is 35.7 Å². The highest BCUT2D eigenvalue weighted by Gasteiger charge is 2.05. The van der Waals surface area contributed by atoms with E-state index < -0.39 is 5.97 Å². The summed E-state index contributed by atoms with van der Waals surface area (Å²) in [5, 5.41) is 13.7. The van der Waals surface area contributed by atoms with Gasteiger partial charge in [0.2, 0.25) is 0 Å². The third-order valence-electron chi connectivity index (χ3n) is 2.38. The summed E-state index contributed by atoms with van der Waals surface area (Å²) in [6, 6.07) is 3.09. The van der Waals surface area contributed by atoms with Gasteiger partial charge in [-0.25, -0.2) is 9.78 Å². The monoisotopic (exact) mass is 263 g/mol. The molecule has 0 amide bonds. The van der Waals surface area contributed by atoms with Gasteiger partial charge in [0.1, 0.15) is 0 Å². The number of aryl methyl sites for hydroxylation is 2. The number of rotatable bonds is 5. The van der Waals surface area contributed by atoms with Crippen LogP contribution < -0.4 is 0 Å². The Balaban J connectivity index is 1.90. The lowest BCUT2D eigenvalue weighted by atomic mass is 10.3. The van der Waals surface area contributed by atoms with Crippen molar-refractivity contribution in [1.82, 2.24) is 14.8 Å². The molecule has 2 aromatic rings. The molecule has 0 spiro atoms. The van der Waals surface area contributed by atoms with Gasteiger partial charge in [0, 0.05) is 25.2 Å². The molecule has 2 aromatic heterocycles. The van der Waals surface area contributed by atoms with E-state index in [1.54, 1.807) is 22.5 Å². The highest BCUT2D eigenvalue weighted by Crippen LogP contribution is 2.17. The molecule has 0 bridgehead atoms. The molecule has 0 fully saturated rings. The summed E-state index contributed by atoms with van der Waals surface area (Å²) in [5.74, 6) is -0.0756. The van der Waals surface area contributed by atoms with Gasteiger partial charge < -0.3 is 5.11 Å². The molecular weight excluding hydrogens is 250 g/mol. The quantitative estimate of drug-likeness (QED) is 0.834. The van der Waals surface area contributed by atoms with Gasteiger partial charge >= 0.3 is 5.97 Å². The first-order valence-corrected chi connectivity index (χ1v) is 6.43. The van der Waals surface area contributed by atoms with Crippen molar-refractivity contribution in [3.8, 4) is 0 Å². The summed E-state index contributed by atoms with van der Waals surface area (Å²) in [7, 11) is 1.88. The second-order valence-electron chi connectivity index (χ2n) is 3.81. The average molecular weight is 263 g/mol. The molecule has 0 atom stereocenters. The number of aromatic nitrogens is 3. The predicted molar refractivity (Wildman–Crippen MR) is 68.8 cm³/mol. The van der Waals surface area contributed by atoms with E-state index >= 15 is 0 Å². The molecule has 2 rings (SSSR count). The lowest BCUT2D eigenvalue weighted by molar-refractivity contribution is 0.0696. The van der Waals surface area contributed by atoms with Crippen LogP contribution in [0, 0.1) is 0 Å². The lowest BCUT2D eigenvalue weighted by Crippen LogP contribution is -1.97. The Morgan fingerprint density at radius 2 is 2.39 bits per heavy atom. The van der Waals surface area contributed by atoms with Crippen LogP contribution in [0.3, 0.4) is 0 Å². The molecule has 0 aliphatic rings. The first kappa shape index (κ1) is 12.6. The molecule has 1 N–H and O–H groups in total. The number of aromatic carboxylic acids is 1. The molecular formula is C12H13N3O2S. The van der Waals surface area contributed by atoms with Crippen LogP contribution in [-0.4, -0.2) is 31.6 Å². The highest BCUT2D eigenvalue weighted by atomic mass is 32.2. The summed E-state index contributed by atoms with van der Waals surface area (Å²) in [6.07, 6.45) is 6.22. The largest absolute Gasteiger partial charge is 0.478 e. The number of hydrogen-bond donors (Lipinski definition) is 1. The maximum Gasteiger partial charge on any atom is 0.335 e. The number of nitrogens with zero attached hydrogens (tertiary/aromatic N) is 3. The zero-order chi connectivity index (χ0) is 13.0. The van der Waals surface area contributed by atoms with Crippen LogP contribution >= 0.6 is 11.8 Å². The standard InChI is InChI=1S/C12H13N3O2S/c1-15-8-9(7-14-15)3-5-18-11-6-10(12(16)17)2-4-13-11/h2,4,6-8H,3,5H2,1H3,(H,16,17). The Bertz CT molecular complexity index is 554. The zero-order valence-corrected chi connectivity index (χ0v) is 10.7. The van der Waals surface area contributed by atoms with Crippen molar-refractivity contribution in [3.63, 3.8) is 0 Å². The average Bonchev–Trinajstić information content (AvgIpc) is 2.75. The Morgan fingerprint density at radius 3 is 3.06 bits per heavy atom. The number of thioether (sulfide) groups is 1. The van der Waals surface area contributed by atoms with Gasteiger partial charge in [-0.2, -0.15) is 5.10 Å². The van der Waals surface area contributed by atoms with Gasteiger partial charge in [-0.1, -0.05) is 0 Å². The summed E-state index contributed by atoms with van der Waals surface area (Å²) in [4.78, 5) is 14.9. The minimum Gasteiger partial charge on any atom is -0.478 e. The maximum absolute atomic E-state index is 10.8. The minimum atomic E-state index is -0.925. The molecule has 6 heteroatoms. The molecule has 18 heavy (non-hydrogen) atoms. The zero-order valence-electron chi connectivity index (χ0n) is 9.91. The highest BCUT2D eigenvalue weighted by molar-refractivity contribution is 7.99. The van der Waals surface area contributed by atoms with Gasteiger partial charge in [0.15, 0.2) is 0 Å². The normalized spacial score (nSPS) is 10.5. The lowest BCUT2D eigenvalue weighted by Gasteiger charge is -2.00. The van der Waals surface area contributed by atoms with E-state index in [9.17, 15) is 4.79 Å². The third kappa shape index (κ3) is 3.33. The fourth-order valence-electron chi connectivity index (χ4n) is 1.50. The first-order chi connectivity index (χ1) is 8.65. The van der Waals surface area contributed by atoms with E-state index in [0.717, 1.165) is 17.2 Å². The first-order valence-electron chi connectivity index (χ1n) is 5.45. The van der Waals surface area contributed by atoms with Crippen molar-refractivity contribution in [2.75, 3.05) is 5.75 Å². The van der Waals surface area contributed by atoms with Crippen molar-refractivity contribution in [2.45, 2.75) is 11.4 Å². The fourth-order valence-corrected chi connectivity index (χ4v) is 2.39. The van der Waals surface area contributed by atoms with Crippen LogP contribution in [0.1, 0.15) is 15.9 Å². The Hall–Kier alpha value is -1.82. The molecule has 0 aliphatic heterocycles. The second-order valence-corrected chi connectivity index (χ2v) is 4.92.